The molecular weight excluding hydrogens is 276 g/mol. The van der Waals surface area contributed by atoms with Crippen LogP contribution in [0.3, 0.4) is 0 Å². The second kappa shape index (κ2) is 9.12. The predicted octanol–water partition coefficient (Wildman–Crippen LogP) is 4.85. The molecule has 0 saturated heterocycles. The zero-order chi connectivity index (χ0) is 15.7. The van der Waals surface area contributed by atoms with Crippen molar-refractivity contribution in [1.29, 1.82) is 5.26 Å². The van der Waals surface area contributed by atoms with Gasteiger partial charge in [-0.3, -0.25) is 5.32 Å². The summed E-state index contributed by atoms with van der Waals surface area (Å²) in [7, 11) is 0. The Bertz CT molecular complexity index is 479. The number of hydrogen-bond acceptors (Lipinski definition) is 3. The predicted molar refractivity (Wildman–Crippen MR) is 92.8 cm³/mol. The Morgan fingerprint density at radius 2 is 2.05 bits per heavy atom. The fraction of sp³-hybridized carbons (Fsp3) is 0.611. The maximum Gasteiger partial charge on any atom is 0.103 e. The molecule has 116 valence electrons. The van der Waals surface area contributed by atoms with Crippen LogP contribution in [0.15, 0.2) is 23.1 Å². The normalized spacial score (nSPS) is 13.7. The molecule has 0 aliphatic carbocycles. The first kappa shape index (κ1) is 18.1. The molecule has 0 aliphatic rings. The van der Waals surface area contributed by atoms with Gasteiger partial charge in [0.05, 0.1) is 6.07 Å². The third-order valence-corrected chi connectivity index (χ3v) is 4.93. The largest absolute Gasteiger partial charge is 0.300 e. The van der Waals surface area contributed by atoms with Gasteiger partial charge >= 0.3 is 0 Å². The molecule has 0 aliphatic heterocycles. The van der Waals surface area contributed by atoms with Crippen molar-refractivity contribution in [2.24, 2.45) is 0 Å². The topological polar surface area (TPSA) is 35.8 Å². The molecule has 0 heterocycles. The minimum atomic E-state index is -0.361. The minimum absolute atomic E-state index is 0.361. The summed E-state index contributed by atoms with van der Waals surface area (Å²) in [5.41, 5.74) is 2.32. The molecule has 0 spiro atoms. The third kappa shape index (κ3) is 6.54. The van der Waals surface area contributed by atoms with E-state index < -0.39 is 0 Å². The van der Waals surface area contributed by atoms with E-state index in [0.29, 0.717) is 0 Å². The SMILES string of the molecule is CCCNC(C)(C#N)CCCCSc1cc(C)ccc1C. The molecule has 0 radical (unpaired) electrons. The maximum atomic E-state index is 9.30. The van der Waals surface area contributed by atoms with Crippen LogP contribution in [0.25, 0.3) is 0 Å². The summed E-state index contributed by atoms with van der Waals surface area (Å²) in [5, 5.41) is 12.6. The van der Waals surface area contributed by atoms with Crippen LogP contribution in [0.5, 0.6) is 0 Å². The Kier molecular flexibility index (Phi) is 7.85. The summed E-state index contributed by atoms with van der Waals surface area (Å²) in [4.78, 5) is 1.39. The van der Waals surface area contributed by atoms with Crippen LogP contribution in [0.4, 0.5) is 0 Å². The molecule has 2 nitrogen and oxygen atoms in total. The molecule has 1 aromatic carbocycles. The smallest absolute Gasteiger partial charge is 0.103 e. The minimum Gasteiger partial charge on any atom is -0.300 e. The average molecular weight is 305 g/mol. The van der Waals surface area contributed by atoms with Gasteiger partial charge in [0.25, 0.3) is 0 Å². The molecule has 0 amide bonds. The number of benzene rings is 1. The molecule has 1 atom stereocenters. The lowest BCUT2D eigenvalue weighted by molar-refractivity contribution is 0.406. The van der Waals surface area contributed by atoms with Crippen LogP contribution in [0.2, 0.25) is 0 Å². The molecule has 0 fully saturated rings. The number of nitriles is 1. The standard InChI is InChI=1S/C18H28N2S/c1-5-11-20-18(4,14-19)10-6-7-12-21-17-13-15(2)8-9-16(17)3/h8-9,13,20H,5-7,10-12H2,1-4H3. The van der Waals surface area contributed by atoms with Gasteiger partial charge in [0.1, 0.15) is 5.54 Å². The van der Waals surface area contributed by atoms with Gasteiger partial charge in [-0.05, 0) is 70.4 Å². The van der Waals surface area contributed by atoms with Gasteiger partial charge in [0.2, 0.25) is 0 Å². The monoisotopic (exact) mass is 304 g/mol. The van der Waals surface area contributed by atoms with Gasteiger partial charge in [-0.2, -0.15) is 5.26 Å². The number of rotatable bonds is 9. The number of nitrogens with one attached hydrogen (secondary N) is 1. The van der Waals surface area contributed by atoms with Crippen LogP contribution >= 0.6 is 11.8 Å². The summed E-state index contributed by atoms with van der Waals surface area (Å²) in [6.45, 7) is 9.37. The lowest BCUT2D eigenvalue weighted by Crippen LogP contribution is -2.41. The molecule has 0 bridgehead atoms. The molecule has 3 heteroatoms. The average Bonchev–Trinajstić information content (AvgIpc) is 2.48. The third-order valence-electron chi connectivity index (χ3n) is 3.68. The molecular formula is C18H28N2S. The van der Waals surface area contributed by atoms with E-state index in [-0.39, 0.29) is 5.54 Å². The first-order valence-corrected chi connectivity index (χ1v) is 8.85. The second-order valence-electron chi connectivity index (χ2n) is 5.95. The van der Waals surface area contributed by atoms with Crippen molar-refractivity contribution < 1.29 is 0 Å². The van der Waals surface area contributed by atoms with Crippen LogP contribution in [0, 0.1) is 25.2 Å². The first-order chi connectivity index (χ1) is 10.0. The number of thioether (sulfide) groups is 1. The van der Waals surface area contributed by atoms with Crippen molar-refractivity contribution in [3.05, 3.63) is 29.3 Å². The van der Waals surface area contributed by atoms with E-state index in [4.69, 9.17) is 0 Å². The van der Waals surface area contributed by atoms with Gasteiger partial charge in [-0.1, -0.05) is 24.6 Å². The first-order valence-electron chi connectivity index (χ1n) is 7.87. The Morgan fingerprint density at radius 3 is 2.71 bits per heavy atom. The van der Waals surface area contributed by atoms with Crippen molar-refractivity contribution in [3.8, 4) is 6.07 Å². The molecule has 1 rings (SSSR count). The molecule has 0 aromatic heterocycles. The van der Waals surface area contributed by atoms with Crippen molar-refractivity contribution in [1.82, 2.24) is 5.32 Å². The zero-order valence-corrected chi connectivity index (χ0v) is 14.6. The van der Waals surface area contributed by atoms with Gasteiger partial charge in [0.15, 0.2) is 0 Å². The van der Waals surface area contributed by atoms with E-state index >= 15 is 0 Å². The summed E-state index contributed by atoms with van der Waals surface area (Å²) < 4.78 is 0. The highest BCUT2D eigenvalue weighted by Crippen LogP contribution is 2.25. The van der Waals surface area contributed by atoms with E-state index in [2.05, 4.69) is 50.4 Å². The lowest BCUT2D eigenvalue weighted by atomic mass is 9.96. The van der Waals surface area contributed by atoms with E-state index in [1.54, 1.807) is 0 Å². The number of nitrogens with zero attached hydrogens (tertiary/aromatic N) is 1. The van der Waals surface area contributed by atoms with Crippen LogP contribution in [-0.4, -0.2) is 17.8 Å². The maximum absolute atomic E-state index is 9.30. The van der Waals surface area contributed by atoms with Gasteiger partial charge < -0.3 is 0 Å². The summed E-state index contributed by atoms with van der Waals surface area (Å²) >= 11 is 1.93. The van der Waals surface area contributed by atoms with Crippen LogP contribution in [0.1, 0.15) is 50.7 Å². The van der Waals surface area contributed by atoms with Crippen molar-refractivity contribution >= 4 is 11.8 Å². The Morgan fingerprint density at radius 1 is 1.29 bits per heavy atom. The fourth-order valence-corrected chi connectivity index (χ4v) is 3.34. The van der Waals surface area contributed by atoms with Crippen molar-refractivity contribution in [2.75, 3.05) is 12.3 Å². The highest BCUT2D eigenvalue weighted by molar-refractivity contribution is 7.99. The van der Waals surface area contributed by atoms with E-state index in [0.717, 1.165) is 38.0 Å². The lowest BCUT2D eigenvalue weighted by Gasteiger charge is -2.22. The zero-order valence-electron chi connectivity index (χ0n) is 13.8. The van der Waals surface area contributed by atoms with Crippen molar-refractivity contribution in [2.45, 2.75) is 63.8 Å². The van der Waals surface area contributed by atoms with E-state index in [1.807, 2.05) is 18.7 Å². The highest BCUT2D eigenvalue weighted by Gasteiger charge is 2.21. The molecule has 1 N–H and O–H groups in total. The van der Waals surface area contributed by atoms with Gasteiger partial charge in [0, 0.05) is 4.90 Å². The Labute approximate surface area is 134 Å². The molecule has 0 saturated carbocycles. The van der Waals surface area contributed by atoms with E-state index in [9.17, 15) is 5.26 Å². The molecule has 1 unspecified atom stereocenters. The van der Waals surface area contributed by atoms with Crippen molar-refractivity contribution in [3.63, 3.8) is 0 Å². The summed E-state index contributed by atoms with van der Waals surface area (Å²) in [5.74, 6) is 1.12. The van der Waals surface area contributed by atoms with E-state index in [1.165, 1.54) is 16.0 Å². The summed E-state index contributed by atoms with van der Waals surface area (Å²) in [6.07, 6.45) is 4.25. The van der Waals surface area contributed by atoms with Gasteiger partial charge in [-0.25, -0.2) is 0 Å². The Balaban J connectivity index is 2.31. The number of hydrogen-bond donors (Lipinski definition) is 1. The fourth-order valence-electron chi connectivity index (χ4n) is 2.21. The summed E-state index contributed by atoms with van der Waals surface area (Å²) in [6, 6.07) is 9.04. The van der Waals surface area contributed by atoms with Crippen LogP contribution in [-0.2, 0) is 0 Å². The Hall–Kier alpha value is -0.980. The second-order valence-corrected chi connectivity index (χ2v) is 7.08. The number of aryl methyl sites for hydroxylation is 2. The molecule has 21 heavy (non-hydrogen) atoms. The highest BCUT2D eigenvalue weighted by atomic mass is 32.2. The molecule has 1 aromatic rings. The number of unbranched alkanes of at least 4 members (excludes halogenated alkanes) is 1. The quantitative estimate of drug-likeness (QED) is 0.523. The van der Waals surface area contributed by atoms with Crippen LogP contribution < -0.4 is 5.32 Å². The van der Waals surface area contributed by atoms with Gasteiger partial charge in [-0.15, -0.1) is 11.8 Å².